The summed E-state index contributed by atoms with van der Waals surface area (Å²) < 4.78 is 0. The highest BCUT2D eigenvalue weighted by atomic mass is 31.2. The normalized spacial score (nSPS) is 11.1. The van der Waals surface area contributed by atoms with E-state index in [0.717, 1.165) is 0 Å². The third kappa shape index (κ3) is 3.17. The van der Waals surface area contributed by atoms with E-state index in [0.29, 0.717) is 0 Å². The fourth-order valence-electron chi connectivity index (χ4n) is 3.42. The van der Waals surface area contributed by atoms with Gasteiger partial charge in [-0.15, -0.1) is 0 Å². The van der Waals surface area contributed by atoms with E-state index in [9.17, 15) is 0 Å². The van der Waals surface area contributed by atoms with Crippen molar-refractivity contribution >= 4 is 28.6 Å². The van der Waals surface area contributed by atoms with Crippen LogP contribution in [0.5, 0.6) is 0 Å². The first kappa shape index (κ1) is 16.6. The lowest BCUT2D eigenvalue weighted by molar-refractivity contribution is 1.69. The molecule has 0 bridgehead atoms. The molecule has 4 rings (SSSR count). The minimum absolute atomic E-state index is 1.26. The molecule has 0 aliphatic rings. The van der Waals surface area contributed by atoms with Crippen molar-refractivity contribution in [2.24, 2.45) is 0 Å². The molecule has 0 atom stereocenters. The largest absolute Gasteiger partial charge is 0.0622 e. The van der Waals surface area contributed by atoms with E-state index in [-0.39, 0.29) is 0 Å². The van der Waals surface area contributed by atoms with Gasteiger partial charge in [-0.3, -0.25) is 0 Å². The van der Waals surface area contributed by atoms with Crippen LogP contribution >= 0.6 is 6.89 Å². The average molecular weight is 352 g/mol. The monoisotopic (exact) mass is 352 g/mol. The molecular weight excluding hydrogens is 331 g/mol. The third-order valence-electron chi connectivity index (χ3n) is 4.63. The fraction of sp³-hybridized carbons (Fsp3) is 0. The van der Waals surface area contributed by atoms with Crippen LogP contribution in [0.2, 0.25) is 0 Å². The molecule has 4 aromatic rings. The molecule has 0 N–H and O–H groups in total. The Balaban J connectivity index is 2.13. The lowest BCUT2D eigenvalue weighted by atomic mass is 10.2. The van der Waals surface area contributed by atoms with Gasteiger partial charge in [-0.1, -0.05) is 121 Å². The van der Waals surface area contributed by atoms with Crippen LogP contribution in [0.15, 0.2) is 121 Å². The van der Waals surface area contributed by atoms with Gasteiger partial charge in [0.25, 0.3) is 0 Å². The Morgan fingerprint density at radius 2 is 0.692 bits per heavy atom. The third-order valence-corrected chi connectivity index (χ3v) is 8.66. The molecular formula is C25H21P. The molecule has 0 unspecified atom stereocenters. The smallest absolute Gasteiger partial charge is 0.0160 e. The Bertz CT molecular complexity index is 901. The minimum atomic E-state index is -1.90. The van der Waals surface area contributed by atoms with Crippen LogP contribution in [-0.4, -0.2) is 5.80 Å². The van der Waals surface area contributed by atoms with Gasteiger partial charge in [0.1, 0.15) is 0 Å². The van der Waals surface area contributed by atoms with Crippen LogP contribution < -0.4 is 15.9 Å². The van der Waals surface area contributed by atoms with Crippen molar-refractivity contribution in [3.63, 3.8) is 0 Å². The van der Waals surface area contributed by atoms with Gasteiger partial charge in [-0.05, 0) is 34.2 Å². The summed E-state index contributed by atoms with van der Waals surface area (Å²) >= 11 is 0. The van der Waals surface area contributed by atoms with Gasteiger partial charge in [-0.25, -0.2) is 0 Å². The van der Waals surface area contributed by atoms with Crippen LogP contribution in [0.25, 0.3) is 0 Å². The lowest BCUT2D eigenvalue weighted by Gasteiger charge is -2.29. The Kier molecular flexibility index (Phi) is 4.86. The summed E-state index contributed by atoms with van der Waals surface area (Å²) in [6.07, 6.45) is 0. The molecule has 1 heteroatoms. The van der Waals surface area contributed by atoms with Crippen molar-refractivity contribution in [3.8, 4) is 0 Å². The maximum atomic E-state index is 2.49. The zero-order valence-corrected chi connectivity index (χ0v) is 15.5. The van der Waals surface area contributed by atoms with E-state index in [4.69, 9.17) is 0 Å². The zero-order chi connectivity index (χ0) is 17.7. The first-order valence-corrected chi connectivity index (χ1v) is 10.7. The van der Waals surface area contributed by atoms with Crippen LogP contribution in [0.1, 0.15) is 5.56 Å². The molecule has 126 valence electrons. The van der Waals surface area contributed by atoms with E-state index in [2.05, 4.69) is 127 Å². The first-order chi connectivity index (χ1) is 12.9. The molecule has 0 aliphatic carbocycles. The second-order valence-electron chi connectivity index (χ2n) is 6.27. The van der Waals surface area contributed by atoms with Crippen molar-refractivity contribution in [3.05, 3.63) is 127 Å². The van der Waals surface area contributed by atoms with E-state index >= 15 is 0 Å². The molecule has 0 spiro atoms. The zero-order valence-electron chi connectivity index (χ0n) is 14.6. The molecule has 0 amide bonds. The van der Waals surface area contributed by atoms with E-state index < -0.39 is 6.89 Å². The molecule has 0 saturated heterocycles. The second kappa shape index (κ2) is 7.60. The van der Waals surface area contributed by atoms with Crippen LogP contribution in [0.3, 0.4) is 0 Å². The number of hydrogen-bond acceptors (Lipinski definition) is 0. The van der Waals surface area contributed by atoms with E-state index in [1.165, 1.54) is 21.5 Å². The summed E-state index contributed by atoms with van der Waals surface area (Å²) in [4.78, 5) is 0. The Hall–Kier alpha value is -2.82. The Morgan fingerprint density at radius 3 is 1.04 bits per heavy atom. The van der Waals surface area contributed by atoms with Crippen molar-refractivity contribution in [1.29, 1.82) is 0 Å². The molecule has 26 heavy (non-hydrogen) atoms. The van der Waals surface area contributed by atoms with Crippen LogP contribution in [0.4, 0.5) is 0 Å². The molecule has 0 nitrogen and oxygen atoms in total. The Morgan fingerprint density at radius 1 is 0.385 bits per heavy atom. The molecule has 0 heterocycles. The highest BCUT2D eigenvalue weighted by Gasteiger charge is 2.24. The van der Waals surface area contributed by atoms with Gasteiger partial charge in [0, 0.05) is 0 Å². The summed E-state index contributed by atoms with van der Waals surface area (Å²) in [7, 11) is 0. The highest BCUT2D eigenvalue weighted by molar-refractivity contribution is 7.94. The highest BCUT2D eigenvalue weighted by Crippen LogP contribution is 2.44. The van der Waals surface area contributed by atoms with E-state index in [1.807, 2.05) is 0 Å². The van der Waals surface area contributed by atoms with Gasteiger partial charge in [0.05, 0.1) is 0 Å². The Labute approximate surface area is 155 Å². The van der Waals surface area contributed by atoms with Crippen molar-refractivity contribution in [2.45, 2.75) is 0 Å². The average Bonchev–Trinajstić information content (AvgIpc) is 2.75. The van der Waals surface area contributed by atoms with Gasteiger partial charge in [-0.2, -0.15) is 0 Å². The maximum Gasteiger partial charge on any atom is -0.0160 e. The fourth-order valence-corrected chi connectivity index (χ4v) is 7.31. The topological polar surface area (TPSA) is 0 Å². The second-order valence-corrected chi connectivity index (χ2v) is 9.52. The number of rotatable bonds is 4. The maximum absolute atomic E-state index is 2.49. The molecule has 0 saturated carbocycles. The number of benzene rings is 4. The molecule has 0 fully saturated rings. The van der Waals surface area contributed by atoms with Gasteiger partial charge >= 0.3 is 0 Å². The summed E-state index contributed by atoms with van der Waals surface area (Å²) in [6.45, 7) is -1.90. The predicted molar refractivity (Wildman–Crippen MR) is 117 cm³/mol. The molecule has 0 aliphatic heterocycles. The van der Waals surface area contributed by atoms with Gasteiger partial charge in [0.2, 0.25) is 0 Å². The number of hydrogen-bond donors (Lipinski definition) is 0. The van der Waals surface area contributed by atoms with Crippen molar-refractivity contribution < 1.29 is 0 Å². The quantitative estimate of drug-likeness (QED) is 0.462. The van der Waals surface area contributed by atoms with Crippen molar-refractivity contribution in [2.75, 3.05) is 0 Å². The minimum Gasteiger partial charge on any atom is -0.0622 e. The molecule has 4 aromatic carbocycles. The summed E-state index contributed by atoms with van der Waals surface area (Å²) in [6, 6.07) is 43.5. The lowest BCUT2D eigenvalue weighted by Crippen LogP contribution is -2.27. The summed E-state index contributed by atoms with van der Waals surface area (Å²) in [5, 5.41) is 4.13. The molecule has 0 radical (unpaired) electrons. The summed E-state index contributed by atoms with van der Waals surface area (Å²) in [5.41, 5.74) is 1.26. The standard InChI is InChI=1S/C25H21P/c1-5-13-22(14-6-1)21-26(23-15-7-2-8-16-23,24-17-9-3-10-18-24)25-19-11-4-12-20-25/h1-21H. The van der Waals surface area contributed by atoms with Crippen LogP contribution in [-0.2, 0) is 0 Å². The predicted octanol–water partition coefficient (Wildman–Crippen LogP) is 4.83. The van der Waals surface area contributed by atoms with Gasteiger partial charge in [0.15, 0.2) is 0 Å². The first-order valence-electron chi connectivity index (χ1n) is 8.86. The molecule has 0 aromatic heterocycles. The SMILES string of the molecule is C(c1ccccc1)=P(c1ccccc1)(c1ccccc1)c1ccccc1. The van der Waals surface area contributed by atoms with E-state index in [1.54, 1.807) is 0 Å². The van der Waals surface area contributed by atoms with Gasteiger partial charge < -0.3 is 0 Å². The van der Waals surface area contributed by atoms with Crippen molar-refractivity contribution in [1.82, 2.24) is 0 Å². The van der Waals surface area contributed by atoms with Crippen LogP contribution in [0, 0.1) is 0 Å². The summed E-state index contributed by atoms with van der Waals surface area (Å²) in [5.74, 6) is 2.49.